The number of carbonyl (C=O) groups excluding carboxylic acids is 2. The predicted octanol–water partition coefficient (Wildman–Crippen LogP) is 3.88. The van der Waals surface area contributed by atoms with Crippen molar-refractivity contribution in [3.05, 3.63) is 57.8 Å². The fraction of sp³-hybridized carbons (Fsp3) is 0.409. The summed E-state index contributed by atoms with van der Waals surface area (Å²) in [4.78, 5) is 31.0. The van der Waals surface area contributed by atoms with Crippen LogP contribution in [-0.4, -0.2) is 39.0 Å². The Hall–Kier alpha value is -2.35. The van der Waals surface area contributed by atoms with Crippen LogP contribution in [0.25, 0.3) is 0 Å². The normalized spacial score (nSPS) is 25.3. The number of amides is 2. The van der Waals surface area contributed by atoms with Crippen LogP contribution in [0, 0.1) is 0 Å². The smallest absolute Gasteiger partial charge is 0.266 e. The largest absolute Gasteiger partial charge is 0.489 e. The van der Waals surface area contributed by atoms with E-state index in [-0.39, 0.29) is 18.6 Å². The van der Waals surface area contributed by atoms with E-state index in [1.165, 1.54) is 0 Å². The Balaban J connectivity index is 1.49. The summed E-state index contributed by atoms with van der Waals surface area (Å²) >= 11 is 11.8. The number of hydrogen-bond donors (Lipinski definition) is 2. The molecule has 2 aromatic rings. The monoisotopic (exact) mass is 463 g/mol. The second kappa shape index (κ2) is 8.65. The molecule has 2 fully saturated rings. The zero-order valence-electron chi connectivity index (χ0n) is 17.0. The zero-order chi connectivity index (χ0) is 22.2. The van der Waals surface area contributed by atoms with Gasteiger partial charge in [0.15, 0.2) is 0 Å². The first-order valence-corrected chi connectivity index (χ1v) is 10.9. The number of halogens is 2. The van der Waals surface area contributed by atoms with Gasteiger partial charge in [-0.15, -0.1) is 0 Å². The number of nitrogens with zero attached hydrogens (tertiary/aromatic N) is 2. The molecule has 0 radical (unpaired) electrons. The summed E-state index contributed by atoms with van der Waals surface area (Å²) in [5.74, 6) is 0.0417. The summed E-state index contributed by atoms with van der Waals surface area (Å²) in [6, 6.07) is 10.2. The first-order valence-electron chi connectivity index (χ1n) is 10.1. The molecule has 164 valence electrons. The first kappa shape index (κ1) is 21.9. The summed E-state index contributed by atoms with van der Waals surface area (Å²) in [6.45, 7) is 2.20. The molecule has 0 bridgehead atoms. The van der Waals surface area contributed by atoms with Crippen LogP contribution in [0.1, 0.15) is 43.7 Å². The highest BCUT2D eigenvalue weighted by Gasteiger charge is 2.53. The van der Waals surface area contributed by atoms with E-state index < -0.39 is 17.4 Å². The standard InChI is InChI=1S/C22H23Cl2N3O4/c1-22(11-15-3-2-4-17(20(28)26-30)27(15)21(22)29)14-5-7-16(8-6-14)31-12-13-9-18(23)25-19(24)10-13/h5-10,15,17,30H,2-4,11-12H2,1H3,(H,26,28)/t15?,17-,22-/m0/s1. The molecule has 0 aliphatic carbocycles. The Morgan fingerprint density at radius 3 is 2.58 bits per heavy atom. The molecule has 0 saturated carbocycles. The van der Waals surface area contributed by atoms with Crippen molar-refractivity contribution in [2.45, 2.75) is 56.7 Å². The van der Waals surface area contributed by atoms with Crippen molar-refractivity contribution in [3.63, 3.8) is 0 Å². The highest BCUT2D eigenvalue weighted by molar-refractivity contribution is 6.32. The van der Waals surface area contributed by atoms with Gasteiger partial charge in [-0.1, -0.05) is 35.3 Å². The molecule has 4 rings (SSSR count). The Bertz CT molecular complexity index is 981. The Labute approximate surface area is 190 Å². The fourth-order valence-corrected chi connectivity index (χ4v) is 5.19. The van der Waals surface area contributed by atoms with Crippen LogP contribution in [0.2, 0.25) is 10.3 Å². The molecular weight excluding hydrogens is 441 g/mol. The van der Waals surface area contributed by atoms with Gasteiger partial charge in [-0.25, -0.2) is 10.5 Å². The molecule has 9 heteroatoms. The van der Waals surface area contributed by atoms with Gasteiger partial charge >= 0.3 is 0 Å². The molecule has 2 amide bonds. The SMILES string of the molecule is C[C@@]1(c2ccc(OCc3cc(Cl)nc(Cl)c3)cc2)CC2CCC[C@@H](C(=O)NO)N2C1=O. The molecule has 1 aromatic heterocycles. The number of nitrogens with one attached hydrogen (secondary N) is 1. The fourth-order valence-electron chi connectivity index (χ4n) is 4.69. The van der Waals surface area contributed by atoms with E-state index in [0.717, 1.165) is 24.0 Å². The van der Waals surface area contributed by atoms with Gasteiger partial charge in [0.1, 0.15) is 28.7 Å². The highest BCUT2D eigenvalue weighted by Crippen LogP contribution is 2.44. The van der Waals surface area contributed by atoms with Gasteiger partial charge in [-0.05, 0) is 68.0 Å². The quantitative estimate of drug-likeness (QED) is 0.398. The third-order valence-electron chi connectivity index (χ3n) is 6.23. The van der Waals surface area contributed by atoms with Gasteiger partial charge < -0.3 is 9.64 Å². The summed E-state index contributed by atoms with van der Waals surface area (Å²) < 4.78 is 5.82. The molecule has 2 aliphatic heterocycles. The van der Waals surface area contributed by atoms with Gasteiger partial charge in [0, 0.05) is 6.04 Å². The van der Waals surface area contributed by atoms with Crippen molar-refractivity contribution < 1.29 is 19.5 Å². The summed E-state index contributed by atoms with van der Waals surface area (Å²) in [5, 5.41) is 9.67. The molecule has 3 heterocycles. The molecule has 3 atom stereocenters. The van der Waals surface area contributed by atoms with Crippen LogP contribution in [0.15, 0.2) is 36.4 Å². The molecular formula is C22H23Cl2N3O4. The van der Waals surface area contributed by atoms with E-state index in [1.807, 2.05) is 31.2 Å². The number of ether oxygens (including phenoxy) is 1. The number of hydrogen-bond acceptors (Lipinski definition) is 5. The number of fused-ring (bicyclic) bond motifs is 1. The minimum Gasteiger partial charge on any atom is -0.489 e. The maximum atomic E-state index is 13.4. The van der Waals surface area contributed by atoms with Gasteiger partial charge in [0.25, 0.3) is 5.91 Å². The van der Waals surface area contributed by atoms with Crippen LogP contribution in [0.4, 0.5) is 0 Å². The molecule has 0 spiro atoms. The molecule has 31 heavy (non-hydrogen) atoms. The van der Waals surface area contributed by atoms with E-state index in [9.17, 15) is 9.59 Å². The number of piperidine rings is 1. The average molecular weight is 464 g/mol. The van der Waals surface area contributed by atoms with E-state index in [1.54, 1.807) is 22.5 Å². The Kier molecular flexibility index (Phi) is 6.10. The average Bonchev–Trinajstić information content (AvgIpc) is 3.02. The third kappa shape index (κ3) is 4.22. The van der Waals surface area contributed by atoms with Crippen molar-refractivity contribution in [2.24, 2.45) is 0 Å². The van der Waals surface area contributed by atoms with Crippen LogP contribution >= 0.6 is 23.2 Å². The lowest BCUT2D eigenvalue weighted by atomic mass is 9.79. The number of rotatable bonds is 5. The number of hydroxylamine groups is 1. The maximum absolute atomic E-state index is 13.4. The molecule has 7 nitrogen and oxygen atoms in total. The molecule has 2 aliphatic rings. The predicted molar refractivity (Wildman–Crippen MR) is 115 cm³/mol. The second-order valence-electron chi connectivity index (χ2n) is 8.26. The summed E-state index contributed by atoms with van der Waals surface area (Å²) in [5.41, 5.74) is 2.65. The van der Waals surface area contributed by atoms with Crippen molar-refractivity contribution in [1.29, 1.82) is 0 Å². The zero-order valence-corrected chi connectivity index (χ0v) is 18.5. The van der Waals surface area contributed by atoms with Crippen molar-refractivity contribution in [1.82, 2.24) is 15.4 Å². The van der Waals surface area contributed by atoms with Crippen LogP contribution in [-0.2, 0) is 21.6 Å². The lowest BCUT2D eigenvalue weighted by Gasteiger charge is -2.36. The van der Waals surface area contributed by atoms with E-state index in [0.29, 0.717) is 28.9 Å². The van der Waals surface area contributed by atoms with Gasteiger partial charge in [0.2, 0.25) is 5.91 Å². The van der Waals surface area contributed by atoms with Crippen molar-refractivity contribution in [2.75, 3.05) is 0 Å². The lowest BCUT2D eigenvalue weighted by molar-refractivity contribution is -0.147. The van der Waals surface area contributed by atoms with Gasteiger partial charge in [-0.3, -0.25) is 14.8 Å². The maximum Gasteiger partial charge on any atom is 0.266 e. The Morgan fingerprint density at radius 1 is 1.26 bits per heavy atom. The number of benzene rings is 1. The topological polar surface area (TPSA) is 91.8 Å². The first-order chi connectivity index (χ1) is 14.8. The molecule has 1 aromatic carbocycles. The van der Waals surface area contributed by atoms with E-state index >= 15 is 0 Å². The van der Waals surface area contributed by atoms with Gasteiger partial charge in [-0.2, -0.15) is 0 Å². The summed E-state index contributed by atoms with van der Waals surface area (Å²) in [6.07, 6.45) is 2.89. The second-order valence-corrected chi connectivity index (χ2v) is 9.03. The van der Waals surface area contributed by atoms with Crippen molar-refractivity contribution in [3.8, 4) is 5.75 Å². The molecule has 2 saturated heterocycles. The minimum atomic E-state index is -0.728. The molecule has 2 N–H and O–H groups in total. The minimum absolute atomic E-state index is 0.00864. The van der Waals surface area contributed by atoms with Gasteiger partial charge in [0.05, 0.1) is 5.41 Å². The summed E-state index contributed by atoms with van der Waals surface area (Å²) in [7, 11) is 0. The number of pyridine rings is 1. The van der Waals surface area contributed by atoms with Crippen LogP contribution in [0.5, 0.6) is 5.75 Å². The van der Waals surface area contributed by atoms with Crippen LogP contribution in [0.3, 0.4) is 0 Å². The number of aromatic nitrogens is 1. The van der Waals surface area contributed by atoms with E-state index in [2.05, 4.69) is 4.98 Å². The third-order valence-corrected chi connectivity index (χ3v) is 6.61. The molecule has 1 unspecified atom stereocenters. The van der Waals surface area contributed by atoms with Crippen LogP contribution < -0.4 is 10.2 Å². The Morgan fingerprint density at radius 2 is 1.94 bits per heavy atom. The van der Waals surface area contributed by atoms with Crippen molar-refractivity contribution >= 4 is 35.0 Å². The van der Waals surface area contributed by atoms with E-state index in [4.69, 9.17) is 33.1 Å². The lowest BCUT2D eigenvalue weighted by Crippen LogP contribution is -2.53. The highest BCUT2D eigenvalue weighted by atomic mass is 35.5. The number of carbonyl (C=O) groups is 2.